The molecule has 1 aromatic rings. The SMILES string of the molecule is C=C/C=C(\C=C)CN(C)Cc1ccccc1.CC. The Kier molecular flexibility index (Phi) is 9.61. The largest absolute Gasteiger partial charge is 0.298 e. The van der Waals surface area contributed by atoms with Gasteiger partial charge in [0, 0.05) is 13.1 Å². The molecule has 0 amide bonds. The number of allylic oxidation sites excluding steroid dienone is 2. The molecule has 0 aliphatic heterocycles. The van der Waals surface area contributed by atoms with Crippen molar-refractivity contribution in [3.63, 3.8) is 0 Å². The van der Waals surface area contributed by atoms with Crippen molar-refractivity contribution in [2.75, 3.05) is 13.6 Å². The van der Waals surface area contributed by atoms with Crippen molar-refractivity contribution in [1.29, 1.82) is 0 Å². The quantitative estimate of drug-likeness (QED) is 0.667. The van der Waals surface area contributed by atoms with Crippen LogP contribution >= 0.6 is 0 Å². The molecule has 0 spiro atoms. The zero-order valence-corrected chi connectivity index (χ0v) is 11.9. The first-order chi connectivity index (χ1) is 8.76. The Morgan fingerprint density at radius 1 is 1.17 bits per heavy atom. The van der Waals surface area contributed by atoms with E-state index in [1.165, 1.54) is 11.1 Å². The highest BCUT2D eigenvalue weighted by atomic mass is 15.1. The molecule has 1 heteroatoms. The first kappa shape index (κ1) is 16.4. The van der Waals surface area contributed by atoms with Gasteiger partial charge in [-0.1, -0.05) is 75.6 Å². The predicted octanol–water partition coefficient (Wildman–Crippen LogP) is 4.44. The van der Waals surface area contributed by atoms with Gasteiger partial charge in [-0.25, -0.2) is 0 Å². The molecular formula is C17H25N. The molecule has 0 aliphatic rings. The molecule has 0 fully saturated rings. The van der Waals surface area contributed by atoms with Gasteiger partial charge >= 0.3 is 0 Å². The van der Waals surface area contributed by atoms with E-state index in [-0.39, 0.29) is 0 Å². The summed E-state index contributed by atoms with van der Waals surface area (Å²) < 4.78 is 0. The van der Waals surface area contributed by atoms with Gasteiger partial charge in [0.05, 0.1) is 0 Å². The van der Waals surface area contributed by atoms with Gasteiger partial charge in [-0.15, -0.1) is 0 Å². The van der Waals surface area contributed by atoms with Gasteiger partial charge in [0.2, 0.25) is 0 Å². The Hall–Kier alpha value is -1.60. The van der Waals surface area contributed by atoms with Crippen molar-refractivity contribution in [3.05, 3.63) is 72.9 Å². The van der Waals surface area contributed by atoms with E-state index in [1.54, 1.807) is 6.08 Å². The summed E-state index contributed by atoms with van der Waals surface area (Å²) in [6.07, 6.45) is 5.67. The molecule has 0 radical (unpaired) electrons. The second-order valence-corrected chi connectivity index (χ2v) is 3.84. The molecular weight excluding hydrogens is 218 g/mol. The number of rotatable bonds is 6. The van der Waals surface area contributed by atoms with Crippen LogP contribution in [0.2, 0.25) is 0 Å². The van der Waals surface area contributed by atoms with Crippen LogP contribution in [0.25, 0.3) is 0 Å². The molecule has 0 heterocycles. The maximum atomic E-state index is 3.80. The lowest BCUT2D eigenvalue weighted by Crippen LogP contribution is -2.20. The van der Waals surface area contributed by atoms with Crippen LogP contribution in [0.1, 0.15) is 19.4 Å². The molecule has 1 aromatic carbocycles. The van der Waals surface area contributed by atoms with Gasteiger partial charge in [0.15, 0.2) is 0 Å². The minimum Gasteiger partial charge on any atom is -0.298 e. The highest BCUT2D eigenvalue weighted by Crippen LogP contribution is 2.05. The first-order valence-corrected chi connectivity index (χ1v) is 6.42. The van der Waals surface area contributed by atoms with Crippen LogP contribution in [0.5, 0.6) is 0 Å². The van der Waals surface area contributed by atoms with Gasteiger partial charge in [-0.05, 0) is 18.2 Å². The fourth-order valence-electron chi connectivity index (χ4n) is 1.60. The monoisotopic (exact) mass is 243 g/mol. The van der Waals surface area contributed by atoms with E-state index in [9.17, 15) is 0 Å². The Balaban J connectivity index is 0.00000137. The van der Waals surface area contributed by atoms with Gasteiger partial charge in [0.25, 0.3) is 0 Å². The lowest BCUT2D eigenvalue weighted by molar-refractivity contribution is 0.358. The third kappa shape index (κ3) is 6.87. The van der Waals surface area contributed by atoms with E-state index in [4.69, 9.17) is 0 Å². The topological polar surface area (TPSA) is 3.24 Å². The summed E-state index contributed by atoms with van der Waals surface area (Å²) in [7, 11) is 2.10. The summed E-state index contributed by atoms with van der Waals surface area (Å²) in [5, 5.41) is 0. The highest BCUT2D eigenvalue weighted by molar-refractivity contribution is 5.23. The molecule has 1 nitrogen and oxygen atoms in total. The van der Waals surface area contributed by atoms with Crippen molar-refractivity contribution in [3.8, 4) is 0 Å². The molecule has 0 atom stereocenters. The standard InChI is InChI=1S/C15H19N.C2H6/c1-4-9-14(5-2)12-16(3)13-15-10-7-6-8-11-15;1-2/h4-11H,1-2,12-13H2,3H3;1-2H3/b14-9+;. The second-order valence-electron chi connectivity index (χ2n) is 3.84. The lowest BCUT2D eigenvalue weighted by atomic mass is 10.2. The minimum absolute atomic E-state index is 0.893. The molecule has 0 saturated carbocycles. The molecule has 98 valence electrons. The predicted molar refractivity (Wildman–Crippen MR) is 82.6 cm³/mol. The van der Waals surface area contributed by atoms with Crippen molar-refractivity contribution in [2.24, 2.45) is 0 Å². The molecule has 0 N–H and O–H groups in total. The zero-order chi connectivity index (χ0) is 13.8. The molecule has 0 unspecified atom stereocenters. The summed E-state index contributed by atoms with van der Waals surface area (Å²) in [5.41, 5.74) is 2.51. The first-order valence-electron chi connectivity index (χ1n) is 6.42. The van der Waals surface area contributed by atoms with E-state index in [2.05, 4.69) is 49.4 Å². The third-order valence-electron chi connectivity index (χ3n) is 2.34. The van der Waals surface area contributed by atoms with E-state index in [0.717, 1.165) is 13.1 Å². The Morgan fingerprint density at radius 3 is 2.28 bits per heavy atom. The fourth-order valence-corrected chi connectivity index (χ4v) is 1.60. The summed E-state index contributed by atoms with van der Waals surface area (Å²) >= 11 is 0. The van der Waals surface area contributed by atoms with Crippen molar-refractivity contribution < 1.29 is 0 Å². The Morgan fingerprint density at radius 2 is 1.78 bits per heavy atom. The Labute approximate surface area is 112 Å². The Bertz CT molecular complexity index is 362. The fraction of sp³-hybridized carbons (Fsp3) is 0.294. The van der Waals surface area contributed by atoms with E-state index >= 15 is 0 Å². The summed E-state index contributed by atoms with van der Waals surface area (Å²) in [5.74, 6) is 0. The van der Waals surface area contributed by atoms with Crippen molar-refractivity contribution >= 4 is 0 Å². The third-order valence-corrected chi connectivity index (χ3v) is 2.34. The maximum absolute atomic E-state index is 3.80. The highest BCUT2D eigenvalue weighted by Gasteiger charge is 2.00. The smallest absolute Gasteiger partial charge is 0.0234 e. The van der Waals surface area contributed by atoms with Crippen LogP contribution in [0.4, 0.5) is 0 Å². The number of benzene rings is 1. The molecule has 0 bridgehead atoms. The number of hydrogen-bond donors (Lipinski definition) is 0. The van der Waals surface area contributed by atoms with Crippen LogP contribution in [0.3, 0.4) is 0 Å². The average molecular weight is 243 g/mol. The van der Waals surface area contributed by atoms with Crippen molar-refractivity contribution in [2.45, 2.75) is 20.4 Å². The maximum Gasteiger partial charge on any atom is 0.0234 e. The van der Waals surface area contributed by atoms with Crippen LogP contribution < -0.4 is 0 Å². The minimum atomic E-state index is 0.893. The molecule has 1 rings (SSSR count). The molecule has 18 heavy (non-hydrogen) atoms. The summed E-state index contributed by atoms with van der Waals surface area (Å²) in [6, 6.07) is 10.5. The zero-order valence-electron chi connectivity index (χ0n) is 11.9. The van der Waals surface area contributed by atoms with Crippen LogP contribution in [-0.4, -0.2) is 18.5 Å². The average Bonchev–Trinajstić information content (AvgIpc) is 2.41. The van der Waals surface area contributed by atoms with Crippen LogP contribution in [-0.2, 0) is 6.54 Å². The number of hydrogen-bond acceptors (Lipinski definition) is 1. The van der Waals surface area contributed by atoms with Crippen LogP contribution in [0.15, 0.2) is 67.3 Å². The van der Waals surface area contributed by atoms with Gasteiger partial charge in [-0.2, -0.15) is 0 Å². The number of likely N-dealkylation sites (N-methyl/N-ethyl adjacent to an activating group) is 1. The molecule has 0 aliphatic carbocycles. The molecule has 0 aromatic heterocycles. The van der Waals surface area contributed by atoms with Gasteiger partial charge in [0.1, 0.15) is 0 Å². The van der Waals surface area contributed by atoms with Gasteiger partial charge < -0.3 is 0 Å². The van der Waals surface area contributed by atoms with Crippen LogP contribution in [0, 0.1) is 0 Å². The van der Waals surface area contributed by atoms with E-state index < -0.39 is 0 Å². The summed E-state index contributed by atoms with van der Waals surface area (Å²) in [6.45, 7) is 13.3. The summed E-state index contributed by atoms with van der Waals surface area (Å²) in [4.78, 5) is 2.26. The van der Waals surface area contributed by atoms with Gasteiger partial charge in [-0.3, -0.25) is 4.90 Å². The second kappa shape index (κ2) is 10.5. The normalized spacial score (nSPS) is 10.6. The van der Waals surface area contributed by atoms with E-state index in [0.29, 0.717) is 0 Å². The number of nitrogens with zero attached hydrogens (tertiary/aromatic N) is 1. The lowest BCUT2D eigenvalue weighted by Gasteiger charge is -2.17. The van der Waals surface area contributed by atoms with Crippen molar-refractivity contribution in [1.82, 2.24) is 4.90 Å². The van der Waals surface area contributed by atoms with E-state index in [1.807, 2.05) is 32.1 Å². The molecule has 0 saturated heterocycles.